The Bertz CT molecular complexity index is 596. The molecule has 1 heterocycles. The number of aryl methyl sites for hydroxylation is 1. The Labute approximate surface area is 121 Å². The monoisotopic (exact) mass is 272 g/mol. The molecule has 0 atom stereocenters. The van der Waals surface area contributed by atoms with Gasteiger partial charge in [-0.1, -0.05) is 23.8 Å². The lowest BCUT2D eigenvalue weighted by Gasteiger charge is -2.08. The summed E-state index contributed by atoms with van der Waals surface area (Å²) in [6, 6.07) is 8.28. The molecule has 0 saturated heterocycles. The van der Waals surface area contributed by atoms with Crippen LogP contribution in [0.5, 0.6) is 0 Å². The molecule has 3 heteroatoms. The lowest BCUT2D eigenvalue weighted by atomic mass is 10.2. The van der Waals surface area contributed by atoms with Gasteiger partial charge in [0.05, 0.1) is 23.7 Å². The third-order valence-electron chi connectivity index (χ3n) is 3.42. The van der Waals surface area contributed by atoms with E-state index >= 15 is 0 Å². The summed E-state index contributed by atoms with van der Waals surface area (Å²) >= 11 is 0. The third kappa shape index (κ3) is 3.70. The van der Waals surface area contributed by atoms with Crippen LogP contribution in [0.25, 0.3) is 11.0 Å². The normalized spacial score (nSPS) is 12.6. The van der Waals surface area contributed by atoms with Crippen molar-refractivity contribution in [1.29, 1.82) is 0 Å². The lowest BCUT2D eigenvalue weighted by molar-refractivity contribution is 0.0813. The molecule has 20 heavy (non-hydrogen) atoms. The first-order valence-electron chi connectivity index (χ1n) is 7.27. The molecule has 0 amide bonds. The summed E-state index contributed by atoms with van der Waals surface area (Å²) in [6.07, 6.45) is 3.57. The number of para-hydroxylation sites is 2. The molecule has 3 nitrogen and oxygen atoms in total. The highest BCUT2D eigenvalue weighted by molar-refractivity contribution is 5.75. The van der Waals surface area contributed by atoms with Crippen molar-refractivity contribution in [2.45, 2.75) is 46.8 Å². The van der Waals surface area contributed by atoms with Gasteiger partial charge < -0.3 is 9.30 Å². The first kappa shape index (κ1) is 14.8. The summed E-state index contributed by atoms with van der Waals surface area (Å²) in [5, 5.41) is 0. The largest absolute Gasteiger partial charge is 0.378 e. The van der Waals surface area contributed by atoms with Crippen LogP contribution in [0.15, 0.2) is 35.9 Å². The molecule has 0 aliphatic carbocycles. The van der Waals surface area contributed by atoms with E-state index in [0.717, 1.165) is 30.9 Å². The van der Waals surface area contributed by atoms with E-state index in [1.54, 1.807) is 0 Å². The zero-order valence-corrected chi connectivity index (χ0v) is 12.9. The fraction of sp³-hybridized carbons (Fsp3) is 0.471. The predicted octanol–water partition coefficient (Wildman–Crippen LogP) is 4.11. The Balaban J connectivity index is 2.03. The van der Waals surface area contributed by atoms with Gasteiger partial charge >= 0.3 is 0 Å². The highest BCUT2D eigenvalue weighted by Crippen LogP contribution is 2.16. The minimum atomic E-state index is 0.308. The van der Waals surface area contributed by atoms with Crippen molar-refractivity contribution in [1.82, 2.24) is 9.55 Å². The van der Waals surface area contributed by atoms with Crippen molar-refractivity contribution in [3.8, 4) is 0 Å². The van der Waals surface area contributed by atoms with Gasteiger partial charge in [0.25, 0.3) is 0 Å². The van der Waals surface area contributed by atoms with Crippen molar-refractivity contribution in [2.24, 2.45) is 0 Å². The molecule has 0 aliphatic rings. The van der Waals surface area contributed by atoms with E-state index in [1.807, 2.05) is 6.07 Å². The lowest BCUT2D eigenvalue weighted by Crippen LogP contribution is -2.04. The molecule has 0 radical (unpaired) electrons. The van der Waals surface area contributed by atoms with E-state index in [9.17, 15) is 0 Å². The second-order valence-electron chi connectivity index (χ2n) is 5.48. The molecular formula is C17H24N2O. The van der Waals surface area contributed by atoms with Gasteiger partial charge in [-0.2, -0.15) is 0 Å². The number of ether oxygens (including phenoxy) is 1. The average molecular weight is 272 g/mol. The predicted molar refractivity (Wildman–Crippen MR) is 83.9 cm³/mol. The zero-order chi connectivity index (χ0) is 14.5. The first-order valence-corrected chi connectivity index (χ1v) is 7.27. The van der Waals surface area contributed by atoms with E-state index in [1.165, 1.54) is 11.1 Å². The summed E-state index contributed by atoms with van der Waals surface area (Å²) in [6.45, 7) is 10.0. The minimum Gasteiger partial charge on any atom is -0.378 e. The van der Waals surface area contributed by atoms with E-state index in [2.05, 4.69) is 61.5 Å². The van der Waals surface area contributed by atoms with Gasteiger partial charge in [0.1, 0.15) is 5.82 Å². The van der Waals surface area contributed by atoms with Gasteiger partial charge in [-0.25, -0.2) is 4.98 Å². The van der Waals surface area contributed by atoms with E-state index in [0.29, 0.717) is 6.10 Å². The topological polar surface area (TPSA) is 27.1 Å². The highest BCUT2D eigenvalue weighted by atomic mass is 16.5. The van der Waals surface area contributed by atoms with Crippen LogP contribution in [0, 0.1) is 6.92 Å². The van der Waals surface area contributed by atoms with Crippen molar-refractivity contribution < 1.29 is 4.74 Å². The molecule has 0 fully saturated rings. The standard InChI is InChI=1S/C17H24N2O/c1-13(2)20-12-10-14(3)9-11-19-15(4)18-16-7-5-6-8-17(16)19/h5-9,13H,10-12H2,1-4H3. The van der Waals surface area contributed by atoms with Crippen LogP contribution in [0.1, 0.15) is 33.0 Å². The summed E-state index contributed by atoms with van der Waals surface area (Å²) in [4.78, 5) is 4.59. The smallest absolute Gasteiger partial charge is 0.107 e. The van der Waals surface area contributed by atoms with Crippen LogP contribution >= 0.6 is 0 Å². The molecule has 0 unspecified atom stereocenters. The Kier molecular flexibility index (Phi) is 4.96. The van der Waals surface area contributed by atoms with Gasteiger partial charge in [-0.15, -0.1) is 0 Å². The molecule has 2 rings (SSSR count). The number of benzene rings is 1. The van der Waals surface area contributed by atoms with Crippen LogP contribution in [0.2, 0.25) is 0 Å². The quantitative estimate of drug-likeness (QED) is 0.740. The van der Waals surface area contributed by atoms with Crippen molar-refractivity contribution >= 4 is 11.0 Å². The summed E-state index contributed by atoms with van der Waals surface area (Å²) < 4.78 is 7.84. The van der Waals surface area contributed by atoms with Gasteiger partial charge in [0.2, 0.25) is 0 Å². The number of allylic oxidation sites excluding steroid dienone is 1. The third-order valence-corrected chi connectivity index (χ3v) is 3.42. The second-order valence-corrected chi connectivity index (χ2v) is 5.48. The van der Waals surface area contributed by atoms with Gasteiger partial charge in [0, 0.05) is 6.54 Å². The number of imidazole rings is 1. The van der Waals surface area contributed by atoms with Gasteiger partial charge in [-0.05, 0) is 46.2 Å². The molecular weight excluding hydrogens is 248 g/mol. The molecule has 0 aliphatic heterocycles. The fourth-order valence-electron chi connectivity index (χ4n) is 2.23. The maximum absolute atomic E-state index is 5.58. The molecule has 2 aromatic rings. The maximum Gasteiger partial charge on any atom is 0.107 e. The number of nitrogens with zero attached hydrogens (tertiary/aromatic N) is 2. The summed E-state index contributed by atoms with van der Waals surface area (Å²) in [7, 11) is 0. The molecule has 108 valence electrons. The summed E-state index contributed by atoms with van der Waals surface area (Å²) in [5.41, 5.74) is 3.63. The Hall–Kier alpha value is -1.61. The SMILES string of the molecule is CC(=CCn1c(C)nc2ccccc21)CCOC(C)C. The molecule has 1 aromatic carbocycles. The first-order chi connectivity index (χ1) is 9.58. The van der Waals surface area contributed by atoms with E-state index in [-0.39, 0.29) is 0 Å². The van der Waals surface area contributed by atoms with E-state index < -0.39 is 0 Å². The Morgan fingerprint density at radius 1 is 1.35 bits per heavy atom. The second kappa shape index (κ2) is 6.71. The zero-order valence-electron chi connectivity index (χ0n) is 12.9. The Morgan fingerprint density at radius 3 is 2.85 bits per heavy atom. The van der Waals surface area contributed by atoms with Crippen LogP contribution in [-0.2, 0) is 11.3 Å². The van der Waals surface area contributed by atoms with Crippen LogP contribution in [0.4, 0.5) is 0 Å². The fourth-order valence-corrected chi connectivity index (χ4v) is 2.23. The van der Waals surface area contributed by atoms with Crippen molar-refractivity contribution in [2.75, 3.05) is 6.61 Å². The van der Waals surface area contributed by atoms with Crippen LogP contribution in [0.3, 0.4) is 0 Å². The molecule has 1 aromatic heterocycles. The maximum atomic E-state index is 5.58. The molecule has 0 bridgehead atoms. The van der Waals surface area contributed by atoms with Gasteiger partial charge in [-0.3, -0.25) is 0 Å². The number of hydrogen-bond donors (Lipinski definition) is 0. The molecule has 0 N–H and O–H groups in total. The van der Waals surface area contributed by atoms with Crippen molar-refractivity contribution in [3.05, 3.63) is 41.7 Å². The summed E-state index contributed by atoms with van der Waals surface area (Å²) in [5.74, 6) is 1.06. The number of rotatable bonds is 6. The Morgan fingerprint density at radius 2 is 2.10 bits per heavy atom. The molecule has 0 spiro atoms. The number of hydrogen-bond acceptors (Lipinski definition) is 2. The average Bonchev–Trinajstić information content (AvgIpc) is 2.71. The number of fused-ring (bicyclic) bond motifs is 1. The van der Waals surface area contributed by atoms with Gasteiger partial charge in [0.15, 0.2) is 0 Å². The molecule has 0 saturated carbocycles. The minimum absolute atomic E-state index is 0.308. The van der Waals surface area contributed by atoms with Crippen LogP contribution < -0.4 is 0 Å². The van der Waals surface area contributed by atoms with Crippen LogP contribution in [-0.4, -0.2) is 22.3 Å². The number of aromatic nitrogens is 2. The van der Waals surface area contributed by atoms with E-state index in [4.69, 9.17) is 4.74 Å². The van der Waals surface area contributed by atoms with Crippen molar-refractivity contribution in [3.63, 3.8) is 0 Å². The highest BCUT2D eigenvalue weighted by Gasteiger charge is 2.05.